The molecule has 2 amide bonds. The van der Waals surface area contributed by atoms with Crippen LogP contribution in [0.5, 0.6) is 11.5 Å². The standard InChI is InChI=1S/C20H31N3O4/c1-14(2)23-11-7-17(8-12-23)27-19-13-16(5-6-18(19)26-4)20(25)22-10-9-21-15(3)24/h5-6,13-14,17H,7-12H2,1-4H3,(H,21,24)(H,22,25). The minimum absolute atomic E-state index is 0.118. The Hall–Kier alpha value is -2.28. The summed E-state index contributed by atoms with van der Waals surface area (Å²) in [5, 5.41) is 5.43. The molecular formula is C20H31N3O4. The van der Waals surface area contributed by atoms with Crippen LogP contribution in [0.3, 0.4) is 0 Å². The van der Waals surface area contributed by atoms with Crippen LogP contribution in [0.15, 0.2) is 18.2 Å². The molecule has 1 aliphatic heterocycles. The van der Waals surface area contributed by atoms with Gasteiger partial charge in [0, 0.05) is 44.7 Å². The van der Waals surface area contributed by atoms with Crippen LogP contribution in [0, 0.1) is 0 Å². The summed E-state index contributed by atoms with van der Waals surface area (Å²) in [5.41, 5.74) is 0.508. The number of hydrogen-bond donors (Lipinski definition) is 2. The van der Waals surface area contributed by atoms with Gasteiger partial charge in [-0.3, -0.25) is 9.59 Å². The molecule has 0 aliphatic carbocycles. The fraction of sp³-hybridized carbons (Fsp3) is 0.600. The molecule has 7 heteroatoms. The van der Waals surface area contributed by atoms with E-state index in [-0.39, 0.29) is 17.9 Å². The van der Waals surface area contributed by atoms with E-state index in [0.29, 0.717) is 36.2 Å². The number of methoxy groups -OCH3 is 1. The molecule has 1 aromatic carbocycles. The van der Waals surface area contributed by atoms with Crippen LogP contribution >= 0.6 is 0 Å². The number of piperidine rings is 1. The van der Waals surface area contributed by atoms with Crippen LogP contribution in [0.1, 0.15) is 44.0 Å². The van der Waals surface area contributed by atoms with Crippen molar-refractivity contribution in [2.45, 2.75) is 45.8 Å². The zero-order chi connectivity index (χ0) is 19.8. The first kappa shape index (κ1) is 21.0. The van der Waals surface area contributed by atoms with E-state index in [1.807, 2.05) is 0 Å². The number of nitrogens with zero attached hydrogens (tertiary/aromatic N) is 1. The Morgan fingerprint density at radius 1 is 1.15 bits per heavy atom. The van der Waals surface area contributed by atoms with Gasteiger partial charge in [-0.2, -0.15) is 0 Å². The van der Waals surface area contributed by atoms with Gasteiger partial charge in [0.2, 0.25) is 5.91 Å². The largest absolute Gasteiger partial charge is 0.493 e. The first-order valence-electron chi connectivity index (χ1n) is 9.52. The summed E-state index contributed by atoms with van der Waals surface area (Å²) in [7, 11) is 1.59. The van der Waals surface area contributed by atoms with Gasteiger partial charge >= 0.3 is 0 Å². The van der Waals surface area contributed by atoms with E-state index in [1.54, 1.807) is 25.3 Å². The smallest absolute Gasteiger partial charge is 0.251 e. The van der Waals surface area contributed by atoms with Crippen molar-refractivity contribution in [2.24, 2.45) is 0 Å². The van der Waals surface area contributed by atoms with Gasteiger partial charge in [-0.15, -0.1) is 0 Å². The van der Waals surface area contributed by atoms with Gasteiger partial charge in [-0.1, -0.05) is 0 Å². The molecule has 1 saturated heterocycles. The van der Waals surface area contributed by atoms with Crippen molar-refractivity contribution >= 4 is 11.8 Å². The summed E-state index contributed by atoms with van der Waals surface area (Å²) in [6.45, 7) is 8.64. The highest BCUT2D eigenvalue weighted by Crippen LogP contribution is 2.31. The second-order valence-electron chi connectivity index (χ2n) is 7.05. The fourth-order valence-electron chi connectivity index (χ4n) is 3.12. The molecule has 7 nitrogen and oxygen atoms in total. The molecule has 150 valence electrons. The summed E-state index contributed by atoms with van der Waals surface area (Å²) in [4.78, 5) is 25.6. The summed E-state index contributed by atoms with van der Waals surface area (Å²) in [6, 6.07) is 5.73. The van der Waals surface area contributed by atoms with Crippen molar-refractivity contribution in [3.63, 3.8) is 0 Å². The Kier molecular flexibility index (Phi) is 7.91. The van der Waals surface area contributed by atoms with E-state index in [2.05, 4.69) is 29.4 Å². The average molecular weight is 377 g/mol. The lowest BCUT2D eigenvalue weighted by Crippen LogP contribution is -2.41. The van der Waals surface area contributed by atoms with E-state index in [4.69, 9.17) is 9.47 Å². The molecule has 0 aromatic heterocycles. The maximum Gasteiger partial charge on any atom is 0.251 e. The van der Waals surface area contributed by atoms with Crippen molar-refractivity contribution in [3.8, 4) is 11.5 Å². The number of carbonyl (C=O) groups is 2. The van der Waals surface area contributed by atoms with Gasteiger partial charge in [0.25, 0.3) is 5.91 Å². The van der Waals surface area contributed by atoms with Crippen molar-refractivity contribution in [2.75, 3.05) is 33.3 Å². The topological polar surface area (TPSA) is 79.9 Å². The molecule has 0 bridgehead atoms. The molecule has 0 unspecified atom stereocenters. The first-order valence-corrected chi connectivity index (χ1v) is 9.52. The molecule has 0 saturated carbocycles. The van der Waals surface area contributed by atoms with Crippen LogP contribution in [-0.4, -0.2) is 62.1 Å². The summed E-state index contributed by atoms with van der Waals surface area (Å²) in [5.74, 6) is 0.890. The van der Waals surface area contributed by atoms with Crippen LogP contribution in [0.25, 0.3) is 0 Å². The molecule has 1 heterocycles. The third-order valence-corrected chi connectivity index (χ3v) is 4.71. The molecule has 0 radical (unpaired) electrons. The molecule has 1 aliphatic rings. The quantitative estimate of drug-likeness (QED) is 0.676. The fourth-order valence-corrected chi connectivity index (χ4v) is 3.12. The monoisotopic (exact) mass is 377 g/mol. The lowest BCUT2D eigenvalue weighted by atomic mass is 10.1. The molecule has 1 fully saturated rings. The third kappa shape index (κ3) is 6.43. The maximum atomic E-state index is 12.3. The molecule has 2 N–H and O–H groups in total. The number of rotatable bonds is 8. The number of likely N-dealkylation sites (tertiary alicyclic amines) is 1. The number of nitrogens with one attached hydrogen (secondary N) is 2. The van der Waals surface area contributed by atoms with Crippen LogP contribution in [0.4, 0.5) is 0 Å². The minimum atomic E-state index is -0.206. The average Bonchev–Trinajstić information content (AvgIpc) is 2.65. The summed E-state index contributed by atoms with van der Waals surface area (Å²) < 4.78 is 11.6. The van der Waals surface area contributed by atoms with Gasteiger partial charge < -0.3 is 25.0 Å². The highest BCUT2D eigenvalue weighted by Gasteiger charge is 2.23. The second kappa shape index (κ2) is 10.2. The van der Waals surface area contributed by atoms with E-state index in [9.17, 15) is 9.59 Å². The number of benzene rings is 1. The van der Waals surface area contributed by atoms with E-state index in [1.165, 1.54) is 6.92 Å². The Bertz CT molecular complexity index is 640. The van der Waals surface area contributed by atoms with Gasteiger partial charge in [0.1, 0.15) is 6.10 Å². The highest BCUT2D eigenvalue weighted by atomic mass is 16.5. The highest BCUT2D eigenvalue weighted by molar-refractivity contribution is 5.94. The Balaban J connectivity index is 1.96. The summed E-state index contributed by atoms with van der Waals surface area (Å²) >= 11 is 0. The number of amides is 2. The van der Waals surface area contributed by atoms with E-state index >= 15 is 0 Å². The lowest BCUT2D eigenvalue weighted by Gasteiger charge is -2.34. The molecule has 0 spiro atoms. The number of ether oxygens (including phenoxy) is 2. The Morgan fingerprint density at radius 2 is 1.81 bits per heavy atom. The van der Waals surface area contributed by atoms with E-state index < -0.39 is 0 Å². The second-order valence-corrected chi connectivity index (χ2v) is 7.05. The normalized spacial score (nSPS) is 15.4. The van der Waals surface area contributed by atoms with Crippen LogP contribution in [-0.2, 0) is 4.79 Å². The first-order chi connectivity index (χ1) is 12.9. The van der Waals surface area contributed by atoms with Crippen molar-refractivity contribution < 1.29 is 19.1 Å². The SMILES string of the molecule is COc1ccc(C(=O)NCCNC(C)=O)cc1OC1CCN(C(C)C)CC1. The molecule has 0 atom stereocenters. The summed E-state index contributed by atoms with van der Waals surface area (Å²) in [6.07, 6.45) is 2.02. The lowest BCUT2D eigenvalue weighted by molar-refractivity contribution is -0.118. The third-order valence-electron chi connectivity index (χ3n) is 4.71. The van der Waals surface area contributed by atoms with E-state index in [0.717, 1.165) is 25.9 Å². The number of carbonyl (C=O) groups excluding carboxylic acids is 2. The predicted octanol–water partition coefficient (Wildman–Crippen LogP) is 1.81. The zero-order valence-electron chi connectivity index (χ0n) is 16.7. The van der Waals surface area contributed by atoms with Gasteiger partial charge in [-0.05, 0) is 44.9 Å². The van der Waals surface area contributed by atoms with Gasteiger partial charge in [0.05, 0.1) is 7.11 Å². The molecule has 2 rings (SSSR count). The Morgan fingerprint density at radius 3 is 2.41 bits per heavy atom. The zero-order valence-corrected chi connectivity index (χ0v) is 16.7. The van der Waals surface area contributed by atoms with Gasteiger partial charge in [0.15, 0.2) is 11.5 Å². The van der Waals surface area contributed by atoms with Gasteiger partial charge in [-0.25, -0.2) is 0 Å². The number of hydrogen-bond acceptors (Lipinski definition) is 5. The minimum Gasteiger partial charge on any atom is -0.493 e. The van der Waals surface area contributed by atoms with Crippen molar-refractivity contribution in [1.29, 1.82) is 0 Å². The van der Waals surface area contributed by atoms with Crippen molar-refractivity contribution in [3.05, 3.63) is 23.8 Å². The molecule has 1 aromatic rings. The van der Waals surface area contributed by atoms with Crippen LogP contribution in [0.2, 0.25) is 0 Å². The predicted molar refractivity (Wildman–Crippen MR) is 104 cm³/mol. The Labute approximate surface area is 161 Å². The molecular weight excluding hydrogens is 346 g/mol. The van der Waals surface area contributed by atoms with Crippen molar-refractivity contribution in [1.82, 2.24) is 15.5 Å². The maximum absolute atomic E-state index is 12.3. The molecule has 27 heavy (non-hydrogen) atoms. The van der Waals surface area contributed by atoms with Crippen LogP contribution < -0.4 is 20.1 Å².